The molecule has 0 saturated heterocycles. The molecule has 1 aromatic carbocycles. The van der Waals surface area contributed by atoms with Crippen molar-refractivity contribution in [2.24, 2.45) is 5.84 Å². The number of fused-ring (bicyclic) bond motifs is 1. The van der Waals surface area contributed by atoms with E-state index in [4.69, 9.17) is 33.8 Å². The first-order chi connectivity index (χ1) is 10.2. The average molecular weight is 324 g/mol. The van der Waals surface area contributed by atoms with E-state index in [9.17, 15) is 0 Å². The van der Waals surface area contributed by atoms with Crippen LogP contribution in [0.3, 0.4) is 0 Å². The Hall–Kier alpha value is -1.49. The van der Waals surface area contributed by atoms with Gasteiger partial charge in [-0.25, -0.2) is 5.84 Å². The molecule has 0 amide bonds. The first-order valence-electron chi connectivity index (χ1n) is 6.79. The second kappa shape index (κ2) is 6.10. The minimum Gasteiger partial charge on any atom is -0.437 e. The normalized spacial score (nSPS) is 13.7. The van der Waals surface area contributed by atoms with Crippen LogP contribution in [0, 0.1) is 0 Å². The fraction of sp³-hybridized carbons (Fsp3) is 0.267. The molecular weight excluding hydrogens is 309 g/mol. The van der Waals surface area contributed by atoms with Crippen LogP contribution in [-0.2, 0) is 12.8 Å². The lowest BCUT2D eigenvalue weighted by atomic mass is 9.92. The maximum Gasteiger partial charge on any atom is 0.240 e. The summed E-state index contributed by atoms with van der Waals surface area (Å²) >= 11 is 12.1. The SMILES string of the molecule is NNc1nc(Oc2ccc3c(c2)CCCC3)c(Cl)cc1Cl. The van der Waals surface area contributed by atoms with Gasteiger partial charge in [0, 0.05) is 0 Å². The molecule has 3 N–H and O–H groups in total. The fourth-order valence-corrected chi connectivity index (χ4v) is 2.96. The molecule has 21 heavy (non-hydrogen) atoms. The molecule has 4 nitrogen and oxygen atoms in total. The number of nitrogens with two attached hydrogens (primary N) is 1. The van der Waals surface area contributed by atoms with E-state index in [2.05, 4.69) is 22.5 Å². The molecule has 0 radical (unpaired) electrons. The molecular formula is C15H15Cl2N3O. The largest absolute Gasteiger partial charge is 0.437 e. The Morgan fingerprint density at radius 3 is 2.57 bits per heavy atom. The standard InChI is InChI=1S/C15H15Cl2N3O/c16-12-8-13(17)15(19-14(12)20-18)21-11-6-5-9-3-1-2-4-10(9)7-11/h5-8H,1-4,18H2,(H,19,20). The maximum atomic E-state index is 6.11. The van der Waals surface area contributed by atoms with Crippen LogP contribution in [0.25, 0.3) is 0 Å². The van der Waals surface area contributed by atoms with Crippen LogP contribution < -0.4 is 16.0 Å². The summed E-state index contributed by atoms with van der Waals surface area (Å²) in [6, 6.07) is 7.65. The summed E-state index contributed by atoms with van der Waals surface area (Å²) in [7, 11) is 0. The van der Waals surface area contributed by atoms with Gasteiger partial charge >= 0.3 is 0 Å². The van der Waals surface area contributed by atoms with Crippen molar-refractivity contribution in [3.05, 3.63) is 45.4 Å². The minimum atomic E-state index is 0.282. The lowest BCUT2D eigenvalue weighted by Gasteiger charge is -2.17. The molecule has 1 aliphatic rings. The van der Waals surface area contributed by atoms with E-state index in [1.165, 1.54) is 24.0 Å². The Morgan fingerprint density at radius 2 is 1.81 bits per heavy atom. The fourth-order valence-electron chi connectivity index (χ4n) is 2.51. The van der Waals surface area contributed by atoms with Crippen molar-refractivity contribution in [2.45, 2.75) is 25.7 Å². The Kier molecular flexibility index (Phi) is 4.19. The number of aromatic nitrogens is 1. The third-order valence-corrected chi connectivity index (χ3v) is 4.13. The zero-order valence-corrected chi connectivity index (χ0v) is 12.8. The van der Waals surface area contributed by atoms with Gasteiger partial charge in [0.05, 0.1) is 5.02 Å². The zero-order valence-electron chi connectivity index (χ0n) is 11.3. The molecule has 0 saturated carbocycles. The van der Waals surface area contributed by atoms with Gasteiger partial charge in [0.15, 0.2) is 5.82 Å². The molecule has 0 aliphatic heterocycles. The number of rotatable bonds is 3. The summed E-state index contributed by atoms with van der Waals surface area (Å²) in [6.45, 7) is 0. The number of hydrogen-bond acceptors (Lipinski definition) is 4. The van der Waals surface area contributed by atoms with Crippen LogP contribution >= 0.6 is 23.2 Å². The third kappa shape index (κ3) is 3.07. The lowest BCUT2D eigenvalue weighted by Crippen LogP contribution is -2.09. The molecule has 2 aromatic rings. The maximum absolute atomic E-state index is 6.11. The van der Waals surface area contributed by atoms with Crippen molar-refractivity contribution < 1.29 is 4.74 Å². The smallest absolute Gasteiger partial charge is 0.240 e. The zero-order chi connectivity index (χ0) is 14.8. The third-order valence-electron chi connectivity index (χ3n) is 3.57. The highest BCUT2D eigenvalue weighted by Gasteiger charge is 2.13. The highest BCUT2D eigenvalue weighted by molar-refractivity contribution is 6.36. The number of ether oxygens (including phenoxy) is 1. The quantitative estimate of drug-likeness (QED) is 0.651. The number of nitrogen functional groups attached to an aromatic ring is 1. The van der Waals surface area contributed by atoms with Crippen LogP contribution in [0.2, 0.25) is 10.0 Å². The van der Waals surface area contributed by atoms with Gasteiger partial charge < -0.3 is 10.2 Å². The molecule has 1 heterocycles. The average Bonchev–Trinajstić information content (AvgIpc) is 2.50. The molecule has 0 fully saturated rings. The van der Waals surface area contributed by atoms with E-state index in [0.29, 0.717) is 15.9 Å². The molecule has 0 atom stereocenters. The van der Waals surface area contributed by atoms with Gasteiger partial charge in [0.1, 0.15) is 10.8 Å². The Bertz CT molecular complexity index is 676. The highest BCUT2D eigenvalue weighted by atomic mass is 35.5. The number of nitrogens with zero attached hydrogens (tertiary/aromatic N) is 1. The number of halogens is 2. The molecule has 110 valence electrons. The molecule has 0 spiro atoms. The number of hydrogen-bond donors (Lipinski definition) is 2. The molecule has 3 rings (SSSR count). The highest BCUT2D eigenvalue weighted by Crippen LogP contribution is 2.34. The topological polar surface area (TPSA) is 60.2 Å². The number of anilines is 1. The Morgan fingerprint density at radius 1 is 1.05 bits per heavy atom. The lowest BCUT2D eigenvalue weighted by molar-refractivity contribution is 0.462. The summed E-state index contributed by atoms with van der Waals surface area (Å²) in [6.07, 6.45) is 4.70. The second-order valence-corrected chi connectivity index (χ2v) is 5.80. The van der Waals surface area contributed by atoms with Crippen LogP contribution in [0.4, 0.5) is 5.82 Å². The summed E-state index contributed by atoms with van der Waals surface area (Å²) in [5.41, 5.74) is 5.15. The number of benzene rings is 1. The number of pyridine rings is 1. The van der Waals surface area contributed by atoms with Crippen LogP contribution in [-0.4, -0.2) is 4.98 Å². The summed E-state index contributed by atoms with van der Waals surface area (Å²) in [5.74, 6) is 6.69. The van der Waals surface area contributed by atoms with Crippen LogP contribution in [0.1, 0.15) is 24.0 Å². The van der Waals surface area contributed by atoms with Gasteiger partial charge in [0.25, 0.3) is 0 Å². The van der Waals surface area contributed by atoms with Gasteiger partial charge in [-0.05, 0) is 55.0 Å². The van der Waals surface area contributed by atoms with E-state index in [1.54, 1.807) is 6.07 Å². The van der Waals surface area contributed by atoms with Crippen molar-refractivity contribution in [1.29, 1.82) is 0 Å². The molecule has 0 unspecified atom stereocenters. The predicted octanol–water partition coefficient (Wildman–Crippen LogP) is 4.35. The molecule has 1 aliphatic carbocycles. The molecule has 1 aromatic heterocycles. The van der Waals surface area contributed by atoms with Gasteiger partial charge in [-0.2, -0.15) is 4.98 Å². The summed E-state index contributed by atoms with van der Waals surface area (Å²) in [4.78, 5) is 4.18. The minimum absolute atomic E-state index is 0.282. The first kappa shape index (κ1) is 14.4. The first-order valence-corrected chi connectivity index (χ1v) is 7.55. The van der Waals surface area contributed by atoms with Crippen molar-refractivity contribution in [2.75, 3.05) is 5.43 Å². The van der Waals surface area contributed by atoms with E-state index in [-0.39, 0.29) is 5.88 Å². The second-order valence-electron chi connectivity index (χ2n) is 4.99. The van der Waals surface area contributed by atoms with Gasteiger partial charge in [-0.3, -0.25) is 0 Å². The number of hydrazine groups is 1. The number of nitrogens with one attached hydrogen (secondary N) is 1. The summed E-state index contributed by atoms with van der Waals surface area (Å²) in [5, 5.41) is 0.692. The van der Waals surface area contributed by atoms with Crippen LogP contribution in [0.5, 0.6) is 11.6 Å². The van der Waals surface area contributed by atoms with Crippen molar-refractivity contribution in [3.8, 4) is 11.6 Å². The van der Waals surface area contributed by atoms with Crippen molar-refractivity contribution in [1.82, 2.24) is 4.98 Å². The number of aryl methyl sites for hydroxylation is 2. The van der Waals surface area contributed by atoms with E-state index in [0.717, 1.165) is 18.6 Å². The van der Waals surface area contributed by atoms with Gasteiger partial charge in [-0.1, -0.05) is 29.3 Å². The van der Waals surface area contributed by atoms with E-state index in [1.807, 2.05) is 6.07 Å². The van der Waals surface area contributed by atoms with Gasteiger partial charge in [-0.15, -0.1) is 0 Å². The van der Waals surface area contributed by atoms with Crippen molar-refractivity contribution >= 4 is 29.0 Å². The van der Waals surface area contributed by atoms with Crippen LogP contribution in [0.15, 0.2) is 24.3 Å². The summed E-state index contributed by atoms with van der Waals surface area (Å²) < 4.78 is 5.78. The monoisotopic (exact) mass is 323 g/mol. The Labute approximate surface area is 133 Å². The van der Waals surface area contributed by atoms with Gasteiger partial charge in [0.2, 0.25) is 5.88 Å². The molecule has 6 heteroatoms. The molecule has 0 bridgehead atoms. The Balaban J connectivity index is 1.90. The van der Waals surface area contributed by atoms with Crippen molar-refractivity contribution in [3.63, 3.8) is 0 Å². The van der Waals surface area contributed by atoms with E-state index < -0.39 is 0 Å². The van der Waals surface area contributed by atoms with E-state index >= 15 is 0 Å². The predicted molar refractivity (Wildman–Crippen MR) is 85.2 cm³/mol.